The maximum Gasteiger partial charge on any atom is 0.256 e. The highest BCUT2D eigenvalue weighted by Gasteiger charge is 2.13. The van der Waals surface area contributed by atoms with Crippen LogP contribution in [0.15, 0.2) is 36.4 Å². The lowest BCUT2D eigenvalue weighted by atomic mass is 9.99. The van der Waals surface area contributed by atoms with Gasteiger partial charge in [0.05, 0.1) is 0 Å². The van der Waals surface area contributed by atoms with Crippen LogP contribution in [0.2, 0.25) is 5.02 Å². The van der Waals surface area contributed by atoms with Crippen molar-refractivity contribution < 1.29 is 4.79 Å². The van der Waals surface area contributed by atoms with Gasteiger partial charge in [0.15, 0.2) is 0 Å². The third-order valence-electron chi connectivity index (χ3n) is 2.99. The predicted molar refractivity (Wildman–Crippen MR) is 80.1 cm³/mol. The summed E-state index contributed by atoms with van der Waals surface area (Å²) in [5, 5.41) is 3.48. The van der Waals surface area contributed by atoms with Crippen LogP contribution in [0.5, 0.6) is 0 Å². The van der Waals surface area contributed by atoms with E-state index in [-0.39, 0.29) is 5.91 Å². The second-order valence-corrected chi connectivity index (χ2v) is 5.17. The van der Waals surface area contributed by atoms with Crippen LogP contribution < -0.4 is 5.32 Å². The Morgan fingerprint density at radius 3 is 2.26 bits per heavy atom. The number of benzene rings is 2. The fourth-order valence-electron chi connectivity index (χ4n) is 2.30. The largest absolute Gasteiger partial charge is 0.322 e. The number of hydrogen-bond acceptors (Lipinski definition) is 1. The van der Waals surface area contributed by atoms with E-state index in [1.807, 2.05) is 45.0 Å². The van der Waals surface area contributed by atoms with Gasteiger partial charge in [-0.05, 0) is 50.1 Å². The van der Waals surface area contributed by atoms with Gasteiger partial charge in [-0.15, -0.1) is 0 Å². The molecule has 0 saturated heterocycles. The first-order chi connectivity index (χ1) is 8.97. The topological polar surface area (TPSA) is 29.1 Å². The molecule has 0 atom stereocenters. The molecule has 19 heavy (non-hydrogen) atoms. The zero-order valence-electron chi connectivity index (χ0n) is 11.3. The smallest absolute Gasteiger partial charge is 0.256 e. The van der Waals surface area contributed by atoms with Gasteiger partial charge >= 0.3 is 0 Å². The van der Waals surface area contributed by atoms with E-state index in [4.69, 9.17) is 11.6 Å². The summed E-state index contributed by atoms with van der Waals surface area (Å²) in [7, 11) is 0. The molecule has 0 unspecified atom stereocenters. The number of anilines is 1. The number of rotatable bonds is 2. The summed E-state index contributed by atoms with van der Waals surface area (Å²) in [6, 6.07) is 11.2. The molecule has 1 amide bonds. The van der Waals surface area contributed by atoms with E-state index in [9.17, 15) is 4.79 Å². The highest BCUT2D eigenvalue weighted by atomic mass is 35.5. The Hall–Kier alpha value is -1.80. The molecule has 2 aromatic rings. The Labute approximate surface area is 118 Å². The lowest BCUT2D eigenvalue weighted by molar-refractivity contribution is 0.102. The molecule has 3 heteroatoms. The van der Waals surface area contributed by atoms with Gasteiger partial charge in [-0.1, -0.05) is 35.4 Å². The highest BCUT2D eigenvalue weighted by molar-refractivity contribution is 6.31. The van der Waals surface area contributed by atoms with Crippen LogP contribution >= 0.6 is 11.6 Å². The zero-order valence-corrected chi connectivity index (χ0v) is 12.0. The van der Waals surface area contributed by atoms with Crippen molar-refractivity contribution in [3.63, 3.8) is 0 Å². The summed E-state index contributed by atoms with van der Waals surface area (Å²) >= 11 is 5.91. The van der Waals surface area contributed by atoms with Crippen molar-refractivity contribution in [1.82, 2.24) is 0 Å². The summed E-state index contributed by atoms with van der Waals surface area (Å²) in [5.74, 6) is -0.0998. The molecule has 0 spiro atoms. The number of nitrogens with one attached hydrogen (secondary N) is 1. The van der Waals surface area contributed by atoms with E-state index in [1.54, 1.807) is 12.1 Å². The van der Waals surface area contributed by atoms with Crippen LogP contribution in [-0.4, -0.2) is 5.91 Å². The first kappa shape index (κ1) is 13.6. The van der Waals surface area contributed by atoms with Crippen LogP contribution in [0.4, 0.5) is 5.69 Å². The third-order valence-corrected chi connectivity index (χ3v) is 3.22. The van der Waals surface area contributed by atoms with E-state index in [2.05, 4.69) is 5.32 Å². The first-order valence-electron chi connectivity index (χ1n) is 6.12. The van der Waals surface area contributed by atoms with E-state index < -0.39 is 0 Å². The van der Waals surface area contributed by atoms with Crippen molar-refractivity contribution in [1.29, 1.82) is 0 Å². The lowest BCUT2D eigenvalue weighted by Gasteiger charge is -2.12. The molecule has 0 aliphatic heterocycles. The summed E-state index contributed by atoms with van der Waals surface area (Å²) in [6.07, 6.45) is 0. The average Bonchev–Trinajstić information content (AvgIpc) is 2.27. The average molecular weight is 274 g/mol. The summed E-state index contributed by atoms with van der Waals surface area (Å²) in [5.41, 5.74) is 4.56. The molecular formula is C16H16ClNO. The van der Waals surface area contributed by atoms with Crippen LogP contribution in [0.1, 0.15) is 27.0 Å². The first-order valence-corrected chi connectivity index (χ1v) is 6.50. The number of carbonyl (C=O) groups is 1. The fraction of sp³-hybridized carbons (Fsp3) is 0.188. The molecule has 98 valence electrons. The van der Waals surface area contributed by atoms with Crippen molar-refractivity contribution >= 4 is 23.2 Å². The van der Waals surface area contributed by atoms with Gasteiger partial charge in [0.1, 0.15) is 0 Å². The van der Waals surface area contributed by atoms with Crippen molar-refractivity contribution in [2.75, 3.05) is 5.32 Å². The number of carbonyl (C=O) groups excluding carboxylic acids is 1. The second-order valence-electron chi connectivity index (χ2n) is 4.74. The number of halogens is 1. The molecule has 2 aromatic carbocycles. The molecule has 0 aromatic heterocycles. The Balaban J connectivity index is 2.31. The number of aryl methyl sites for hydroxylation is 3. The Kier molecular flexibility index (Phi) is 3.91. The highest BCUT2D eigenvalue weighted by Crippen LogP contribution is 2.20. The SMILES string of the molecule is Cc1cc(C)c(C(=O)Nc2cccc(Cl)c2)c(C)c1. The fourth-order valence-corrected chi connectivity index (χ4v) is 2.49. The summed E-state index contributed by atoms with van der Waals surface area (Å²) in [4.78, 5) is 12.3. The third kappa shape index (κ3) is 3.15. The molecule has 2 nitrogen and oxygen atoms in total. The maximum atomic E-state index is 12.3. The van der Waals surface area contributed by atoms with Crippen molar-refractivity contribution in [3.8, 4) is 0 Å². The van der Waals surface area contributed by atoms with E-state index >= 15 is 0 Å². The van der Waals surface area contributed by atoms with E-state index in [1.165, 1.54) is 0 Å². The van der Waals surface area contributed by atoms with Crippen LogP contribution in [-0.2, 0) is 0 Å². The Morgan fingerprint density at radius 1 is 1.05 bits per heavy atom. The van der Waals surface area contributed by atoms with Gasteiger partial charge < -0.3 is 5.32 Å². The molecular weight excluding hydrogens is 258 g/mol. The molecule has 0 aliphatic rings. The van der Waals surface area contributed by atoms with Gasteiger partial charge in [-0.3, -0.25) is 4.79 Å². The van der Waals surface area contributed by atoms with Gasteiger partial charge in [-0.25, -0.2) is 0 Å². The van der Waals surface area contributed by atoms with E-state index in [0.29, 0.717) is 10.7 Å². The van der Waals surface area contributed by atoms with Crippen LogP contribution in [0.25, 0.3) is 0 Å². The minimum absolute atomic E-state index is 0.0998. The molecule has 0 fully saturated rings. The molecule has 0 radical (unpaired) electrons. The van der Waals surface area contributed by atoms with Gasteiger partial charge in [-0.2, -0.15) is 0 Å². The quantitative estimate of drug-likeness (QED) is 0.856. The standard InChI is InChI=1S/C16H16ClNO/c1-10-7-11(2)15(12(3)8-10)16(19)18-14-6-4-5-13(17)9-14/h4-9H,1-3H3,(H,18,19). The molecule has 0 saturated carbocycles. The summed E-state index contributed by atoms with van der Waals surface area (Å²) in [6.45, 7) is 5.93. The van der Waals surface area contributed by atoms with Gasteiger partial charge in [0.25, 0.3) is 5.91 Å². The molecule has 0 heterocycles. The second kappa shape index (κ2) is 5.45. The van der Waals surface area contributed by atoms with Crippen molar-refractivity contribution in [2.24, 2.45) is 0 Å². The lowest BCUT2D eigenvalue weighted by Crippen LogP contribution is -2.15. The van der Waals surface area contributed by atoms with Gasteiger partial charge in [0, 0.05) is 16.3 Å². The van der Waals surface area contributed by atoms with E-state index in [0.717, 1.165) is 22.3 Å². The monoisotopic (exact) mass is 273 g/mol. The number of amides is 1. The molecule has 0 aliphatic carbocycles. The molecule has 0 bridgehead atoms. The normalized spacial score (nSPS) is 10.3. The maximum absolute atomic E-state index is 12.3. The summed E-state index contributed by atoms with van der Waals surface area (Å²) < 4.78 is 0. The minimum Gasteiger partial charge on any atom is -0.322 e. The minimum atomic E-state index is -0.0998. The Morgan fingerprint density at radius 2 is 1.68 bits per heavy atom. The predicted octanol–water partition coefficient (Wildman–Crippen LogP) is 4.52. The molecule has 2 rings (SSSR count). The molecule has 1 N–H and O–H groups in total. The van der Waals surface area contributed by atoms with Crippen molar-refractivity contribution in [2.45, 2.75) is 20.8 Å². The van der Waals surface area contributed by atoms with Crippen molar-refractivity contribution in [3.05, 3.63) is 63.7 Å². The van der Waals surface area contributed by atoms with Crippen LogP contribution in [0.3, 0.4) is 0 Å². The van der Waals surface area contributed by atoms with Gasteiger partial charge in [0.2, 0.25) is 0 Å². The van der Waals surface area contributed by atoms with Crippen LogP contribution in [0, 0.1) is 20.8 Å². The Bertz CT molecular complexity index is 611. The zero-order chi connectivity index (χ0) is 14.0. The number of hydrogen-bond donors (Lipinski definition) is 1.